The zero-order valence-electron chi connectivity index (χ0n) is 8.41. The summed E-state index contributed by atoms with van der Waals surface area (Å²) in [6.07, 6.45) is 1.27. The first-order chi connectivity index (χ1) is 7.15. The van der Waals surface area contributed by atoms with Crippen molar-refractivity contribution >= 4 is 5.82 Å². The first kappa shape index (κ1) is 11.6. The van der Waals surface area contributed by atoms with E-state index in [1.807, 2.05) is 6.92 Å². The molecular formula is C9H13F2N3O. The van der Waals surface area contributed by atoms with E-state index in [1.165, 1.54) is 10.8 Å². The summed E-state index contributed by atoms with van der Waals surface area (Å²) in [4.78, 5) is 15.3. The fraction of sp³-hybridized carbons (Fsp3) is 0.556. The van der Waals surface area contributed by atoms with Crippen LogP contribution in [0.1, 0.15) is 13.3 Å². The number of nitrogens with zero attached hydrogens (tertiary/aromatic N) is 2. The lowest BCUT2D eigenvalue weighted by Crippen LogP contribution is -2.26. The van der Waals surface area contributed by atoms with Crippen LogP contribution in [0, 0.1) is 0 Å². The number of alkyl halides is 2. The molecule has 0 fully saturated rings. The van der Waals surface area contributed by atoms with Crippen molar-refractivity contribution in [1.29, 1.82) is 0 Å². The molecule has 1 aromatic heterocycles. The number of rotatable bonds is 5. The largest absolute Gasteiger partial charge is 0.360 e. The minimum absolute atomic E-state index is 0.0220. The Morgan fingerprint density at radius 2 is 2.33 bits per heavy atom. The van der Waals surface area contributed by atoms with E-state index in [1.54, 1.807) is 6.20 Å². The first-order valence-corrected chi connectivity index (χ1v) is 4.72. The van der Waals surface area contributed by atoms with Crippen LogP contribution in [0.3, 0.4) is 0 Å². The van der Waals surface area contributed by atoms with Crippen molar-refractivity contribution in [2.24, 2.45) is 0 Å². The summed E-state index contributed by atoms with van der Waals surface area (Å²) in [6.45, 7) is 1.93. The van der Waals surface area contributed by atoms with Crippen molar-refractivity contribution in [2.75, 3.05) is 11.9 Å². The van der Waals surface area contributed by atoms with Gasteiger partial charge in [0.25, 0.3) is 12.0 Å². The van der Waals surface area contributed by atoms with Crippen molar-refractivity contribution < 1.29 is 8.78 Å². The van der Waals surface area contributed by atoms with Crippen LogP contribution >= 0.6 is 0 Å². The number of nitrogens with one attached hydrogen (secondary N) is 1. The number of hydrogen-bond donors (Lipinski definition) is 1. The van der Waals surface area contributed by atoms with Crippen LogP contribution in [0.5, 0.6) is 0 Å². The summed E-state index contributed by atoms with van der Waals surface area (Å²) in [7, 11) is 0. The molecule has 0 aromatic carbocycles. The van der Waals surface area contributed by atoms with Crippen molar-refractivity contribution in [3.63, 3.8) is 0 Å². The summed E-state index contributed by atoms with van der Waals surface area (Å²) < 4.78 is 25.2. The fourth-order valence-electron chi connectivity index (χ4n) is 1.16. The number of hydrogen-bond acceptors (Lipinski definition) is 3. The summed E-state index contributed by atoms with van der Waals surface area (Å²) >= 11 is 0. The summed E-state index contributed by atoms with van der Waals surface area (Å²) in [5, 5.41) is 2.32. The van der Waals surface area contributed by atoms with Gasteiger partial charge in [0.15, 0.2) is 5.82 Å². The lowest BCUT2D eigenvalue weighted by Gasteiger charge is -2.07. The molecular weight excluding hydrogens is 204 g/mol. The van der Waals surface area contributed by atoms with Crippen LogP contribution in [-0.4, -0.2) is 22.5 Å². The highest BCUT2D eigenvalue weighted by molar-refractivity contribution is 5.30. The van der Waals surface area contributed by atoms with Gasteiger partial charge in [0, 0.05) is 18.9 Å². The van der Waals surface area contributed by atoms with E-state index in [0.717, 1.165) is 6.42 Å². The van der Waals surface area contributed by atoms with Crippen LogP contribution in [0.25, 0.3) is 0 Å². The average molecular weight is 217 g/mol. The molecule has 6 heteroatoms. The van der Waals surface area contributed by atoms with Gasteiger partial charge in [-0.15, -0.1) is 0 Å². The van der Waals surface area contributed by atoms with Gasteiger partial charge < -0.3 is 9.88 Å². The monoisotopic (exact) mass is 217 g/mol. The number of aryl methyl sites for hydroxylation is 1. The maximum Gasteiger partial charge on any atom is 0.293 e. The van der Waals surface area contributed by atoms with Crippen molar-refractivity contribution in [2.45, 2.75) is 26.3 Å². The molecule has 15 heavy (non-hydrogen) atoms. The second kappa shape index (κ2) is 5.43. The Labute approximate surface area is 85.9 Å². The minimum atomic E-state index is -2.49. The molecule has 0 radical (unpaired) electrons. The highest BCUT2D eigenvalue weighted by Crippen LogP contribution is 1.97. The lowest BCUT2D eigenvalue weighted by molar-refractivity contribution is 0.163. The second-order valence-electron chi connectivity index (χ2n) is 3.05. The van der Waals surface area contributed by atoms with Gasteiger partial charge in [-0.2, -0.15) is 0 Å². The zero-order chi connectivity index (χ0) is 11.3. The quantitative estimate of drug-likeness (QED) is 0.809. The third-order valence-electron chi connectivity index (χ3n) is 1.80. The van der Waals surface area contributed by atoms with Crippen LogP contribution in [0.2, 0.25) is 0 Å². The highest BCUT2D eigenvalue weighted by atomic mass is 19.3. The maximum atomic E-state index is 11.9. The average Bonchev–Trinajstić information content (AvgIpc) is 2.19. The van der Waals surface area contributed by atoms with E-state index in [9.17, 15) is 13.6 Å². The Kier molecular flexibility index (Phi) is 4.20. The van der Waals surface area contributed by atoms with Crippen LogP contribution in [0.15, 0.2) is 17.2 Å². The van der Waals surface area contributed by atoms with Crippen LogP contribution < -0.4 is 10.9 Å². The molecule has 0 saturated heterocycles. The van der Waals surface area contributed by atoms with Gasteiger partial charge in [0.1, 0.15) is 0 Å². The fourth-order valence-corrected chi connectivity index (χ4v) is 1.16. The predicted octanol–water partition coefficient (Wildman–Crippen LogP) is 1.33. The van der Waals surface area contributed by atoms with Gasteiger partial charge in [-0.25, -0.2) is 13.8 Å². The van der Waals surface area contributed by atoms with E-state index in [2.05, 4.69) is 10.3 Å². The molecule has 0 aliphatic heterocycles. The standard InChI is InChI=1S/C9H13F2N3O/c1-2-4-14-5-3-12-8(9(14)15)13-6-7(10)11/h3,5,7H,2,4,6H2,1H3,(H,12,13). The molecule has 0 amide bonds. The summed E-state index contributed by atoms with van der Waals surface area (Å²) in [6, 6.07) is 0. The molecule has 4 nitrogen and oxygen atoms in total. The molecule has 1 N–H and O–H groups in total. The first-order valence-electron chi connectivity index (χ1n) is 4.72. The summed E-state index contributed by atoms with van der Waals surface area (Å²) in [5.41, 5.74) is -0.361. The number of halogens is 2. The molecule has 1 rings (SSSR count). The molecule has 0 spiro atoms. The number of aromatic nitrogens is 2. The Hall–Kier alpha value is -1.46. The summed E-state index contributed by atoms with van der Waals surface area (Å²) in [5.74, 6) is -0.0220. The van der Waals surface area contributed by atoms with E-state index >= 15 is 0 Å². The van der Waals surface area contributed by atoms with E-state index in [4.69, 9.17) is 0 Å². The molecule has 1 aromatic rings. The predicted molar refractivity (Wildman–Crippen MR) is 53.3 cm³/mol. The molecule has 0 aliphatic rings. The maximum absolute atomic E-state index is 11.9. The highest BCUT2D eigenvalue weighted by Gasteiger charge is 2.06. The Bertz CT molecular complexity index is 365. The Morgan fingerprint density at radius 3 is 2.93 bits per heavy atom. The van der Waals surface area contributed by atoms with E-state index < -0.39 is 13.0 Å². The smallest absolute Gasteiger partial charge is 0.293 e. The van der Waals surface area contributed by atoms with Crippen LogP contribution in [-0.2, 0) is 6.54 Å². The number of anilines is 1. The van der Waals surface area contributed by atoms with Crippen molar-refractivity contribution in [3.8, 4) is 0 Å². The van der Waals surface area contributed by atoms with Crippen molar-refractivity contribution in [3.05, 3.63) is 22.7 Å². The Morgan fingerprint density at radius 1 is 1.60 bits per heavy atom. The van der Waals surface area contributed by atoms with Gasteiger partial charge in [0.05, 0.1) is 6.54 Å². The van der Waals surface area contributed by atoms with Crippen molar-refractivity contribution in [1.82, 2.24) is 9.55 Å². The molecule has 0 bridgehead atoms. The minimum Gasteiger partial charge on any atom is -0.360 e. The van der Waals surface area contributed by atoms with Gasteiger partial charge in [0.2, 0.25) is 0 Å². The normalized spacial score (nSPS) is 10.7. The third kappa shape index (κ3) is 3.30. The molecule has 0 unspecified atom stereocenters. The van der Waals surface area contributed by atoms with Gasteiger partial charge in [-0.1, -0.05) is 6.92 Å². The van der Waals surface area contributed by atoms with Gasteiger partial charge in [-0.05, 0) is 6.42 Å². The van der Waals surface area contributed by atoms with E-state index in [-0.39, 0.29) is 11.4 Å². The van der Waals surface area contributed by atoms with Gasteiger partial charge in [-0.3, -0.25) is 4.79 Å². The van der Waals surface area contributed by atoms with Crippen LogP contribution in [0.4, 0.5) is 14.6 Å². The molecule has 0 saturated carbocycles. The third-order valence-corrected chi connectivity index (χ3v) is 1.80. The topological polar surface area (TPSA) is 46.9 Å². The Balaban J connectivity index is 2.80. The second-order valence-corrected chi connectivity index (χ2v) is 3.05. The van der Waals surface area contributed by atoms with Gasteiger partial charge >= 0.3 is 0 Å². The molecule has 0 aliphatic carbocycles. The molecule has 1 heterocycles. The van der Waals surface area contributed by atoms with E-state index in [0.29, 0.717) is 6.54 Å². The molecule has 0 atom stereocenters. The molecule has 84 valence electrons. The lowest BCUT2D eigenvalue weighted by atomic mass is 10.4. The SMILES string of the molecule is CCCn1ccnc(NCC(F)F)c1=O. The zero-order valence-corrected chi connectivity index (χ0v) is 8.41.